The summed E-state index contributed by atoms with van der Waals surface area (Å²) in [6.45, 7) is 1.83. The summed E-state index contributed by atoms with van der Waals surface area (Å²) >= 11 is 0. The first-order chi connectivity index (χ1) is 10.1. The zero-order valence-corrected chi connectivity index (χ0v) is 11.2. The van der Waals surface area contributed by atoms with Crippen molar-refractivity contribution in [2.75, 3.05) is 0 Å². The molecule has 0 N–H and O–H groups in total. The summed E-state index contributed by atoms with van der Waals surface area (Å²) in [4.78, 5) is 22.6. The first-order valence-corrected chi connectivity index (χ1v) is 6.35. The lowest BCUT2D eigenvalue weighted by atomic mass is 9.96. The van der Waals surface area contributed by atoms with Gasteiger partial charge in [0.2, 0.25) is 5.78 Å². The van der Waals surface area contributed by atoms with E-state index in [-0.39, 0.29) is 11.5 Å². The van der Waals surface area contributed by atoms with E-state index in [2.05, 4.69) is 0 Å². The lowest BCUT2D eigenvalue weighted by Crippen LogP contribution is -2.03. The van der Waals surface area contributed by atoms with Crippen LogP contribution in [0.25, 0.3) is 10.8 Å². The fourth-order valence-corrected chi connectivity index (χ4v) is 2.35. The van der Waals surface area contributed by atoms with Crippen LogP contribution in [0.15, 0.2) is 52.9 Å². The molecule has 5 nitrogen and oxygen atoms in total. The number of hydrogen-bond donors (Lipinski definition) is 0. The van der Waals surface area contributed by atoms with Gasteiger partial charge in [0.15, 0.2) is 5.76 Å². The van der Waals surface area contributed by atoms with Crippen molar-refractivity contribution < 1.29 is 14.1 Å². The molecule has 3 rings (SSSR count). The number of nitrogens with zero attached hydrogens (tertiary/aromatic N) is 1. The fraction of sp³-hybridized carbons (Fsp3) is 0.0625. The van der Waals surface area contributed by atoms with Crippen molar-refractivity contribution in [1.29, 1.82) is 0 Å². The van der Waals surface area contributed by atoms with Gasteiger partial charge in [0.1, 0.15) is 4.92 Å². The van der Waals surface area contributed by atoms with Gasteiger partial charge in [0, 0.05) is 5.56 Å². The number of carbonyl (C=O) groups is 1. The highest BCUT2D eigenvalue weighted by molar-refractivity contribution is 6.16. The molecule has 2 aromatic carbocycles. The number of carbonyl (C=O) groups excluding carboxylic acids is 1. The van der Waals surface area contributed by atoms with Crippen LogP contribution in [0.5, 0.6) is 0 Å². The van der Waals surface area contributed by atoms with Gasteiger partial charge in [-0.15, -0.1) is 0 Å². The average Bonchev–Trinajstić information content (AvgIpc) is 2.96. The lowest BCUT2D eigenvalue weighted by molar-refractivity contribution is -0.402. The number of benzene rings is 2. The van der Waals surface area contributed by atoms with E-state index in [1.54, 1.807) is 0 Å². The third-order valence-electron chi connectivity index (χ3n) is 3.36. The monoisotopic (exact) mass is 281 g/mol. The minimum Gasteiger partial charge on any atom is -0.397 e. The summed E-state index contributed by atoms with van der Waals surface area (Å²) in [5, 5.41) is 12.4. The van der Waals surface area contributed by atoms with Gasteiger partial charge < -0.3 is 4.42 Å². The highest BCUT2D eigenvalue weighted by Crippen LogP contribution is 2.26. The molecule has 0 saturated heterocycles. The van der Waals surface area contributed by atoms with Gasteiger partial charge in [-0.25, -0.2) is 0 Å². The van der Waals surface area contributed by atoms with Crippen LogP contribution in [-0.2, 0) is 0 Å². The Morgan fingerprint density at radius 1 is 1.10 bits per heavy atom. The first kappa shape index (κ1) is 13.1. The molecule has 1 heterocycles. The standard InChI is InChI=1S/C16H11NO4/c1-10-6-7-11-4-2-3-5-12(11)15(10)16(18)13-8-9-14(21-13)17(19)20/h2-9H,1H3. The minimum atomic E-state index is -0.660. The van der Waals surface area contributed by atoms with Crippen LogP contribution in [0.1, 0.15) is 21.7 Å². The van der Waals surface area contributed by atoms with E-state index < -0.39 is 10.8 Å². The molecule has 104 valence electrons. The smallest absolute Gasteiger partial charge is 0.397 e. The Morgan fingerprint density at radius 3 is 2.57 bits per heavy atom. The molecule has 21 heavy (non-hydrogen) atoms. The maximum atomic E-state index is 12.6. The maximum absolute atomic E-state index is 12.6. The summed E-state index contributed by atoms with van der Waals surface area (Å²) in [5.41, 5.74) is 1.31. The second kappa shape index (κ2) is 4.86. The van der Waals surface area contributed by atoms with E-state index in [9.17, 15) is 14.9 Å². The van der Waals surface area contributed by atoms with Gasteiger partial charge in [0.25, 0.3) is 0 Å². The molecule has 0 bridgehead atoms. The summed E-state index contributed by atoms with van der Waals surface area (Å²) < 4.78 is 5.02. The Morgan fingerprint density at radius 2 is 1.86 bits per heavy atom. The van der Waals surface area contributed by atoms with Crippen molar-refractivity contribution in [3.05, 3.63) is 75.5 Å². The molecule has 5 heteroatoms. The molecule has 0 aliphatic carbocycles. The molecule has 0 atom stereocenters. The van der Waals surface area contributed by atoms with E-state index in [0.29, 0.717) is 5.56 Å². The number of fused-ring (bicyclic) bond motifs is 1. The van der Waals surface area contributed by atoms with Crippen molar-refractivity contribution in [1.82, 2.24) is 0 Å². The second-order valence-corrected chi connectivity index (χ2v) is 4.70. The zero-order valence-electron chi connectivity index (χ0n) is 11.2. The molecule has 0 aliphatic rings. The number of nitro groups is 1. The van der Waals surface area contributed by atoms with Crippen LogP contribution >= 0.6 is 0 Å². The third-order valence-corrected chi connectivity index (χ3v) is 3.36. The molecule has 0 saturated carbocycles. The highest BCUT2D eigenvalue weighted by atomic mass is 16.6. The molecule has 0 aliphatic heterocycles. The van der Waals surface area contributed by atoms with Crippen LogP contribution in [0.2, 0.25) is 0 Å². The number of furan rings is 1. The summed E-state index contributed by atoms with van der Waals surface area (Å²) in [6, 6.07) is 13.8. The predicted molar refractivity (Wildman–Crippen MR) is 77.5 cm³/mol. The number of rotatable bonds is 3. The Labute approximate surface area is 120 Å². The summed E-state index contributed by atoms with van der Waals surface area (Å²) in [7, 11) is 0. The largest absolute Gasteiger partial charge is 0.433 e. The van der Waals surface area contributed by atoms with Crippen molar-refractivity contribution in [2.24, 2.45) is 0 Å². The van der Waals surface area contributed by atoms with Crippen molar-refractivity contribution in [2.45, 2.75) is 6.92 Å². The van der Waals surface area contributed by atoms with E-state index in [1.807, 2.05) is 43.3 Å². The molecule has 0 unspecified atom stereocenters. The van der Waals surface area contributed by atoms with Gasteiger partial charge in [-0.1, -0.05) is 36.4 Å². The highest BCUT2D eigenvalue weighted by Gasteiger charge is 2.21. The molecule has 0 spiro atoms. The Hall–Kier alpha value is -2.95. The Balaban J connectivity index is 2.17. The average molecular weight is 281 g/mol. The van der Waals surface area contributed by atoms with Gasteiger partial charge >= 0.3 is 5.88 Å². The molecule has 0 amide bonds. The van der Waals surface area contributed by atoms with E-state index in [4.69, 9.17) is 4.42 Å². The van der Waals surface area contributed by atoms with Gasteiger partial charge in [-0.2, -0.15) is 0 Å². The van der Waals surface area contributed by atoms with E-state index in [1.165, 1.54) is 12.1 Å². The van der Waals surface area contributed by atoms with E-state index in [0.717, 1.165) is 16.3 Å². The predicted octanol–water partition coefficient (Wildman–Crippen LogP) is 3.88. The molecule has 0 fully saturated rings. The topological polar surface area (TPSA) is 73.3 Å². The van der Waals surface area contributed by atoms with Crippen molar-refractivity contribution in [3.63, 3.8) is 0 Å². The van der Waals surface area contributed by atoms with Crippen LogP contribution < -0.4 is 0 Å². The minimum absolute atomic E-state index is 0.0267. The quantitative estimate of drug-likeness (QED) is 0.415. The van der Waals surface area contributed by atoms with Gasteiger partial charge in [-0.05, 0) is 29.3 Å². The van der Waals surface area contributed by atoms with Gasteiger partial charge in [0.05, 0.1) is 6.07 Å². The second-order valence-electron chi connectivity index (χ2n) is 4.70. The van der Waals surface area contributed by atoms with Crippen molar-refractivity contribution in [3.8, 4) is 0 Å². The molecule has 3 aromatic rings. The normalized spacial score (nSPS) is 10.7. The van der Waals surface area contributed by atoms with Crippen molar-refractivity contribution >= 4 is 22.4 Å². The van der Waals surface area contributed by atoms with Crippen LogP contribution in [0.4, 0.5) is 5.88 Å². The fourth-order valence-electron chi connectivity index (χ4n) is 2.35. The molecule has 0 radical (unpaired) electrons. The number of aryl methyl sites for hydroxylation is 1. The zero-order chi connectivity index (χ0) is 15.0. The maximum Gasteiger partial charge on any atom is 0.433 e. The third kappa shape index (κ3) is 2.18. The SMILES string of the molecule is Cc1ccc2ccccc2c1C(=O)c1ccc([N+](=O)[O-])o1. The summed E-state index contributed by atoms with van der Waals surface area (Å²) in [6.07, 6.45) is 0. The molecule has 1 aromatic heterocycles. The first-order valence-electron chi connectivity index (χ1n) is 6.35. The van der Waals surface area contributed by atoms with Crippen LogP contribution in [-0.4, -0.2) is 10.7 Å². The van der Waals surface area contributed by atoms with Gasteiger partial charge in [-0.3, -0.25) is 14.9 Å². The number of ketones is 1. The molecular formula is C16H11NO4. The van der Waals surface area contributed by atoms with Crippen LogP contribution in [0, 0.1) is 17.0 Å². The number of hydrogen-bond acceptors (Lipinski definition) is 4. The lowest BCUT2D eigenvalue weighted by Gasteiger charge is -2.07. The Bertz CT molecular complexity index is 864. The van der Waals surface area contributed by atoms with E-state index >= 15 is 0 Å². The Kier molecular flexibility index (Phi) is 3.02. The molecular weight excluding hydrogens is 270 g/mol. The summed E-state index contributed by atoms with van der Waals surface area (Å²) in [5.74, 6) is -0.810. The van der Waals surface area contributed by atoms with Crippen LogP contribution in [0.3, 0.4) is 0 Å².